The van der Waals surface area contributed by atoms with Crippen LogP contribution in [0.2, 0.25) is 0 Å². The van der Waals surface area contributed by atoms with E-state index >= 15 is 0 Å². The first kappa shape index (κ1) is 18.2. The molecule has 1 aromatic carbocycles. The Hall–Kier alpha value is -2.14. The van der Waals surface area contributed by atoms with Gasteiger partial charge in [-0.2, -0.15) is 5.10 Å². The molecule has 0 aliphatic rings. The van der Waals surface area contributed by atoms with E-state index in [1.807, 2.05) is 29.9 Å². The Balaban J connectivity index is 2.03. The fraction of sp³-hybridized carbons (Fsp3) is 0.474. The minimum absolute atomic E-state index is 0.0522. The van der Waals surface area contributed by atoms with E-state index in [0.717, 1.165) is 23.4 Å². The number of anilines is 1. The SMILES string of the molecule is CC(=O)Nc1cccc([C@H](C)N[C@@H](C)Cc2c(C)nn(C)c2C)c1. The zero-order chi connectivity index (χ0) is 17.9. The monoisotopic (exact) mass is 328 g/mol. The van der Waals surface area contributed by atoms with Crippen LogP contribution in [0.1, 0.15) is 49.3 Å². The van der Waals surface area contributed by atoms with Crippen molar-refractivity contribution >= 4 is 11.6 Å². The molecule has 0 bridgehead atoms. The summed E-state index contributed by atoms with van der Waals surface area (Å²) < 4.78 is 1.94. The lowest BCUT2D eigenvalue weighted by atomic mass is 10.0. The number of benzene rings is 1. The number of hydrogen-bond donors (Lipinski definition) is 2. The van der Waals surface area contributed by atoms with Gasteiger partial charge in [-0.15, -0.1) is 0 Å². The maximum Gasteiger partial charge on any atom is 0.221 e. The summed E-state index contributed by atoms with van der Waals surface area (Å²) in [6, 6.07) is 8.50. The molecule has 2 rings (SSSR count). The van der Waals surface area contributed by atoms with E-state index in [1.165, 1.54) is 18.2 Å². The molecule has 2 aromatic rings. The van der Waals surface area contributed by atoms with Gasteiger partial charge < -0.3 is 10.6 Å². The standard InChI is InChI=1S/C19H28N4O/c1-12(10-19-14(3)22-23(6)15(19)4)20-13(2)17-8-7-9-18(11-17)21-16(5)24/h7-9,11-13,20H,10H2,1-6H3,(H,21,24)/t12-,13-/m0/s1. The number of carbonyl (C=O) groups excluding carboxylic acids is 1. The molecule has 24 heavy (non-hydrogen) atoms. The molecule has 1 amide bonds. The molecule has 0 fully saturated rings. The van der Waals surface area contributed by atoms with Crippen molar-refractivity contribution in [1.29, 1.82) is 0 Å². The van der Waals surface area contributed by atoms with Gasteiger partial charge >= 0.3 is 0 Å². The van der Waals surface area contributed by atoms with Gasteiger partial charge in [-0.05, 0) is 57.4 Å². The maximum atomic E-state index is 11.2. The van der Waals surface area contributed by atoms with E-state index < -0.39 is 0 Å². The van der Waals surface area contributed by atoms with Crippen LogP contribution in [0.4, 0.5) is 5.69 Å². The summed E-state index contributed by atoms with van der Waals surface area (Å²) in [6.45, 7) is 10.0. The van der Waals surface area contributed by atoms with Gasteiger partial charge in [-0.25, -0.2) is 0 Å². The summed E-state index contributed by atoms with van der Waals surface area (Å²) in [6.07, 6.45) is 0.946. The smallest absolute Gasteiger partial charge is 0.221 e. The fourth-order valence-corrected chi connectivity index (χ4v) is 3.09. The lowest BCUT2D eigenvalue weighted by Gasteiger charge is -2.21. The van der Waals surface area contributed by atoms with Crippen molar-refractivity contribution in [1.82, 2.24) is 15.1 Å². The van der Waals surface area contributed by atoms with E-state index in [0.29, 0.717) is 6.04 Å². The first-order valence-electron chi connectivity index (χ1n) is 8.40. The minimum Gasteiger partial charge on any atom is -0.326 e. The number of amides is 1. The summed E-state index contributed by atoms with van der Waals surface area (Å²) in [4.78, 5) is 11.2. The number of rotatable bonds is 6. The Morgan fingerprint density at radius 1 is 1.29 bits per heavy atom. The fourth-order valence-electron chi connectivity index (χ4n) is 3.09. The molecule has 0 unspecified atom stereocenters. The molecule has 0 radical (unpaired) electrons. The number of nitrogens with one attached hydrogen (secondary N) is 2. The van der Waals surface area contributed by atoms with Crippen LogP contribution >= 0.6 is 0 Å². The molecule has 0 aliphatic carbocycles. The number of nitrogens with zero attached hydrogens (tertiary/aromatic N) is 2. The van der Waals surface area contributed by atoms with Crippen LogP contribution in [0, 0.1) is 13.8 Å². The Kier molecular flexibility index (Phi) is 5.78. The van der Waals surface area contributed by atoms with Gasteiger partial charge in [0.2, 0.25) is 5.91 Å². The molecule has 0 aliphatic heterocycles. The van der Waals surface area contributed by atoms with E-state index in [1.54, 1.807) is 0 Å². The van der Waals surface area contributed by atoms with Crippen molar-refractivity contribution < 1.29 is 4.79 Å². The second-order valence-corrected chi connectivity index (χ2v) is 6.57. The number of aryl methyl sites for hydroxylation is 2. The molecule has 1 heterocycles. The molecule has 5 nitrogen and oxygen atoms in total. The van der Waals surface area contributed by atoms with Crippen LogP contribution in [-0.4, -0.2) is 21.7 Å². The van der Waals surface area contributed by atoms with Crippen molar-refractivity contribution in [3.63, 3.8) is 0 Å². The highest BCUT2D eigenvalue weighted by atomic mass is 16.1. The molecule has 2 atom stereocenters. The average Bonchev–Trinajstić information content (AvgIpc) is 2.73. The minimum atomic E-state index is -0.0522. The number of aromatic nitrogens is 2. The summed E-state index contributed by atoms with van der Waals surface area (Å²) in [7, 11) is 1.99. The molecule has 0 saturated heterocycles. The molecule has 130 valence electrons. The molecular weight excluding hydrogens is 300 g/mol. The van der Waals surface area contributed by atoms with E-state index in [-0.39, 0.29) is 11.9 Å². The first-order chi connectivity index (χ1) is 11.3. The molecular formula is C19H28N4O. The molecule has 0 saturated carbocycles. The Morgan fingerprint density at radius 3 is 2.58 bits per heavy atom. The summed E-state index contributed by atoms with van der Waals surface area (Å²) in [5.74, 6) is -0.0522. The lowest BCUT2D eigenvalue weighted by Crippen LogP contribution is -2.31. The van der Waals surface area contributed by atoms with Crippen molar-refractivity contribution in [3.8, 4) is 0 Å². The highest BCUT2D eigenvalue weighted by molar-refractivity contribution is 5.88. The van der Waals surface area contributed by atoms with Crippen molar-refractivity contribution in [3.05, 3.63) is 46.8 Å². The number of carbonyl (C=O) groups is 1. The van der Waals surface area contributed by atoms with Crippen molar-refractivity contribution in [2.45, 2.75) is 53.1 Å². The van der Waals surface area contributed by atoms with E-state index in [4.69, 9.17) is 0 Å². The second-order valence-electron chi connectivity index (χ2n) is 6.57. The Bertz CT molecular complexity index is 720. The van der Waals surface area contributed by atoms with Crippen LogP contribution in [0.3, 0.4) is 0 Å². The Labute approximate surface area is 144 Å². The van der Waals surface area contributed by atoms with Gasteiger partial charge in [-0.3, -0.25) is 9.48 Å². The molecule has 5 heteroatoms. The molecule has 2 N–H and O–H groups in total. The summed E-state index contributed by atoms with van der Waals surface area (Å²) >= 11 is 0. The van der Waals surface area contributed by atoms with Crippen molar-refractivity contribution in [2.24, 2.45) is 7.05 Å². The van der Waals surface area contributed by atoms with Gasteiger partial charge in [0.15, 0.2) is 0 Å². The topological polar surface area (TPSA) is 59.0 Å². The van der Waals surface area contributed by atoms with Gasteiger partial charge in [0.1, 0.15) is 0 Å². The first-order valence-corrected chi connectivity index (χ1v) is 8.40. The van der Waals surface area contributed by atoms with Crippen LogP contribution < -0.4 is 10.6 Å². The lowest BCUT2D eigenvalue weighted by molar-refractivity contribution is -0.114. The third-order valence-corrected chi connectivity index (χ3v) is 4.41. The van der Waals surface area contributed by atoms with Gasteiger partial charge in [0, 0.05) is 37.4 Å². The maximum absolute atomic E-state index is 11.2. The van der Waals surface area contributed by atoms with Crippen LogP contribution in [0.25, 0.3) is 0 Å². The van der Waals surface area contributed by atoms with Crippen LogP contribution in [-0.2, 0) is 18.3 Å². The highest BCUT2D eigenvalue weighted by Crippen LogP contribution is 2.20. The number of hydrogen-bond acceptors (Lipinski definition) is 3. The Morgan fingerprint density at radius 2 is 2.00 bits per heavy atom. The molecule has 1 aromatic heterocycles. The molecule has 0 spiro atoms. The second kappa shape index (κ2) is 7.62. The third-order valence-electron chi connectivity index (χ3n) is 4.41. The van der Waals surface area contributed by atoms with E-state index in [2.05, 4.69) is 49.5 Å². The summed E-state index contributed by atoms with van der Waals surface area (Å²) in [5.41, 5.74) is 5.63. The third kappa shape index (κ3) is 4.45. The van der Waals surface area contributed by atoms with Crippen molar-refractivity contribution in [2.75, 3.05) is 5.32 Å². The van der Waals surface area contributed by atoms with Crippen LogP contribution in [0.15, 0.2) is 24.3 Å². The predicted octanol–water partition coefficient (Wildman–Crippen LogP) is 3.28. The normalized spacial score (nSPS) is 13.6. The van der Waals surface area contributed by atoms with Gasteiger partial charge in [0.05, 0.1) is 5.69 Å². The zero-order valence-electron chi connectivity index (χ0n) is 15.5. The van der Waals surface area contributed by atoms with Gasteiger partial charge in [0.25, 0.3) is 0 Å². The summed E-state index contributed by atoms with van der Waals surface area (Å²) in [5, 5.41) is 11.0. The zero-order valence-corrected chi connectivity index (χ0v) is 15.5. The quantitative estimate of drug-likeness (QED) is 0.855. The van der Waals surface area contributed by atoms with Crippen LogP contribution in [0.5, 0.6) is 0 Å². The predicted molar refractivity (Wildman–Crippen MR) is 98.1 cm³/mol. The van der Waals surface area contributed by atoms with Gasteiger partial charge in [-0.1, -0.05) is 12.1 Å². The van der Waals surface area contributed by atoms with E-state index in [9.17, 15) is 4.79 Å². The highest BCUT2D eigenvalue weighted by Gasteiger charge is 2.15. The largest absolute Gasteiger partial charge is 0.326 e. The average molecular weight is 328 g/mol.